The normalized spacial score (nSPS) is 13.5. The van der Waals surface area contributed by atoms with E-state index in [0.717, 1.165) is 40.3 Å². The first kappa shape index (κ1) is 63.5. The van der Waals surface area contributed by atoms with Gasteiger partial charge in [-0.15, -0.1) is 0 Å². The quantitative estimate of drug-likeness (QED) is 0.0339. The second-order valence-corrected chi connectivity index (χ2v) is 21.7. The van der Waals surface area contributed by atoms with Crippen LogP contribution in [0.3, 0.4) is 0 Å². The summed E-state index contributed by atoms with van der Waals surface area (Å²) in [5, 5.41) is 39.2. The number of nitrogens with zero attached hydrogens (tertiary/aromatic N) is 6. The van der Waals surface area contributed by atoms with Gasteiger partial charge < -0.3 is 62.1 Å². The maximum atomic E-state index is 13.7. The van der Waals surface area contributed by atoms with E-state index in [1.807, 2.05) is 140 Å². The van der Waals surface area contributed by atoms with Gasteiger partial charge in [0.15, 0.2) is 11.6 Å². The van der Waals surface area contributed by atoms with Crippen molar-refractivity contribution in [1.82, 2.24) is 50.6 Å². The van der Waals surface area contributed by atoms with Crippen LogP contribution in [0, 0.1) is 0 Å². The number of rotatable bonds is 19. The van der Waals surface area contributed by atoms with Crippen LogP contribution in [0.2, 0.25) is 0 Å². The average Bonchev–Trinajstić information content (AvgIpc) is 2.11. The number of urea groups is 2. The lowest BCUT2D eigenvalue weighted by Crippen LogP contribution is -2.48. The molecule has 0 bridgehead atoms. The monoisotopic (exact) mass is 1170 g/mol. The lowest BCUT2D eigenvalue weighted by atomic mass is 10.0. The Morgan fingerprint density at radius 3 is 1.52 bits per heavy atom. The van der Waals surface area contributed by atoms with Gasteiger partial charge in [-0.05, 0) is 152 Å². The molecule has 0 saturated heterocycles. The largest absolute Gasteiger partial charge is 0.338 e. The van der Waals surface area contributed by atoms with Crippen molar-refractivity contribution < 1.29 is 28.8 Å². The highest BCUT2D eigenvalue weighted by Gasteiger charge is 2.45. The number of carbonyl (C=O) groups is 6. The Labute approximate surface area is 502 Å². The maximum absolute atomic E-state index is 13.7. The molecule has 2 aliphatic rings. The number of carbonyl (C=O) groups excluding carboxylic acids is 6. The summed E-state index contributed by atoms with van der Waals surface area (Å²) in [6.45, 7) is 21.6. The molecule has 1 atom stereocenters. The predicted octanol–water partition coefficient (Wildman–Crippen LogP) is 10.5. The van der Waals surface area contributed by atoms with E-state index >= 15 is 0 Å². The van der Waals surface area contributed by atoms with Crippen molar-refractivity contribution in [3.05, 3.63) is 192 Å². The molecule has 4 heterocycles. The lowest BCUT2D eigenvalue weighted by molar-refractivity contribution is -0.112. The van der Waals surface area contributed by atoms with Gasteiger partial charge in [-0.2, -0.15) is 10.2 Å². The van der Waals surface area contributed by atoms with Crippen LogP contribution in [0.4, 0.5) is 55.3 Å². The van der Waals surface area contributed by atoms with Gasteiger partial charge in [-0.1, -0.05) is 75.5 Å². The standard InChI is InChI=1S/C34H38N8O3.C28H34N8O3.C2H6/c1-6-29(43)35-24-15-10-14-23(18-24)32(44)37-26-17-11-16-25(19-26)36-31-27-20-42(34(2,3)30(27)39-40-31)33(45)38-28(21-41(4)5)22-12-8-7-9-13-22;1-6-23(37)30-19-12-10-18(11-13-19)26(38)32-21-9-7-8-20(16-21)31-25-22-17-36(27(39)29-14-15-35(4)5)28(2,3)24(22)33-34-25;1-2/h6-19,28H,1,20-21H2,2-5H3,(H,35,43)(H,37,44)(H,38,45)(H2,36,39,40);6-13,16H,1,14-15,17H2,2-5H3,(H,29,39)(H,30,37)(H,32,38)(H2,31,33,34);1-2H3. The van der Waals surface area contributed by atoms with Gasteiger partial charge in [0.1, 0.15) is 0 Å². The summed E-state index contributed by atoms with van der Waals surface area (Å²) in [4.78, 5) is 83.1. The highest BCUT2D eigenvalue weighted by molar-refractivity contribution is 6.07. The number of aromatic amines is 2. The zero-order chi connectivity index (χ0) is 62.3. The topological polar surface area (TPSA) is 269 Å². The average molecular weight is 1170 g/mol. The molecule has 7 aromatic rings. The summed E-state index contributed by atoms with van der Waals surface area (Å²) in [5.74, 6) is -0.0542. The second kappa shape index (κ2) is 28.5. The summed E-state index contributed by atoms with van der Waals surface area (Å²) in [5.41, 5.74) is 7.94. The van der Waals surface area contributed by atoms with Gasteiger partial charge >= 0.3 is 12.1 Å². The van der Waals surface area contributed by atoms with Crippen LogP contribution in [0.15, 0.2) is 153 Å². The van der Waals surface area contributed by atoms with Gasteiger partial charge in [0, 0.05) is 76.0 Å². The molecule has 0 saturated carbocycles. The van der Waals surface area contributed by atoms with E-state index in [-0.39, 0.29) is 41.7 Å². The van der Waals surface area contributed by atoms with E-state index in [0.29, 0.717) is 77.4 Å². The molecule has 10 N–H and O–H groups in total. The molecule has 0 spiro atoms. The van der Waals surface area contributed by atoms with Gasteiger partial charge in [0.25, 0.3) is 11.8 Å². The summed E-state index contributed by atoms with van der Waals surface area (Å²) >= 11 is 0. The van der Waals surface area contributed by atoms with E-state index in [2.05, 4.69) is 81.0 Å². The van der Waals surface area contributed by atoms with E-state index in [4.69, 9.17) is 0 Å². The molecule has 2 aliphatic heterocycles. The number of aromatic nitrogens is 4. The molecule has 450 valence electrons. The molecule has 22 heteroatoms. The number of H-pyrrole nitrogens is 2. The minimum absolute atomic E-state index is 0.127. The summed E-state index contributed by atoms with van der Waals surface area (Å²) in [7, 11) is 7.90. The molecular formula is C64H78N16O6. The summed E-state index contributed by atoms with van der Waals surface area (Å²) < 4.78 is 0. The van der Waals surface area contributed by atoms with Gasteiger partial charge in [0.05, 0.1) is 41.6 Å². The Balaban J connectivity index is 0.000000242. The van der Waals surface area contributed by atoms with Crippen molar-refractivity contribution >= 4 is 81.5 Å². The van der Waals surface area contributed by atoms with Gasteiger partial charge in [-0.3, -0.25) is 29.4 Å². The predicted molar refractivity (Wildman–Crippen MR) is 340 cm³/mol. The molecule has 86 heavy (non-hydrogen) atoms. The van der Waals surface area contributed by atoms with E-state index in [1.54, 1.807) is 71.6 Å². The van der Waals surface area contributed by atoms with E-state index in [9.17, 15) is 28.8 Å². The molecule has 9 rings (SSSR count). The molecule has 22 nitrogen and oxygen atoms in total. The third kappa shape index (κ3) is 15.8. The summed E-state index contributed by atoms with van der Waals surface area (Å²) in [6.07, 6.45) is 2.35. The Hall–Kier alpha value is -10.1. The van der Waals surface area contributed by atoms with Crippen molar-refractivity contribution in [3.8, 4) is 0 Å². The number of benzene rings is 5. The van der Waals surface area contributed by atoms with Crippen molar-refractivity contribution in [2.24, 2.45) is 0 Å². The van der Waals surface area contributed by atoms with Crippen LogP contribution >= 0.6 is 0 Å². The van der Waals surface area contributed by atoms with Crippen LogP contribution in [0.1, 0.15) is 96.4 Å². The first-order valence-corrected chi connectivity index (χ1v) is 28.2. The molecule has 0 fully saturated rings. The fraction of sp³-hybridized carbons (Fsp3) is 0.281. The number of nitrogens with one attached hydrogen (secondary N) is 10. The minimum Gasteiger partial charge on any atom is -0.338 e. The van der Waals surface area contributed by atoms with Crippen LogP contribution in [-0.4, -0.2) is 124 Å². The SMILES string of the molecule is C=CC(=O)Nc1ccc(C(=O)Nc2cccc(Nc3n[nH]c4c3CN(C(=O)NCCN(C)C)C4(C)C)c2)cc1.C=CC(=O)Nc1cccc(C(=O)Nc2cccc(Nc3n[nH]c4c3CN(C(=O)NC(CN(C)C)c3ccccc3)C4(C)C)c2)c1.CC. The first-order valence-electron chi connectivity index (χ1n) is 28.2. The third-order valence-corrected chi connectivity index (χ3v) is 14.3. The van der Waals surface area contributed by atoms with E-state index < -0.39 is 11.1 Å². The lowest BCUT2D eigenvalue weighted by Gasteiger charge is -2.34. The van der Waals surface area contributed by atoms with Gasteiger partial charge in [-0.25, -0.2) is 9.59 Å². The molecule has 0 radical (unpaired) electrons. The molecular weight excluding hydrogens is 1090 g/mol. The molecule has 5 aromatic carbocycles. The fourth-order valence-electron chi connectivity index (χ4n) is 9.74. The van der Waals surface area contributed by atoms with Gasteiger partial charge in [0.2, 0.25) is 11.8 Å². The zero-order valence-corrected chi connectivity index (χ0v) is 50.4. The van der Waals surface area contributed by atoms with Crippen molar-refractivity contribution in [2.45, 2.75) is 71.8 Å². The smallest absolute Gasteiger partial charge is 0.319 e. The Bertz CT molecular complexity index is 3550. The zero-order valence-electron chi connectivity index (χ0n) is 50.4. The van der Waals surface area contributed by atoms with Crippen LogP contribution < -0.4 is 42.5 Å². The molecule has 2 aromatic heterocycles. The fourth-order valence-corrected chi connectivity index (χ4v) is 9.74. The minimum atomic E-state index is -0.624. The van der Waals surface area contributed by atoms with Crippen LogP contribution in [-0.2, 0) is 33.8 Å². The van der Waals surface area contributed by atoms with Crippen molar-refractivity contribution in [3.63, 3.8) is 0 Å². The molecule has 1 unspecified atom stereocenters. The third-order valence-electron chi connectivity index (χ3n) is 14.3. The number of hydrogen-bond donors (Lipinski definition) is 10. The Morgan fingerprint density at radius 1 is 0.558 bits per heavy atom. The van der Waals surface area contributed by atoms with Crippen LogP contribution in [0.25, 0.3) is 0 Å². The van der Waals surface area contributed by atoms with Crippen LogP contribution in [0.5, 0.6) is 0 Å². The highest BCUT2D eigenvalue weighted by Crippen LogP contribution is 2.43. The van der Waals surface area contributed by atoms with Crippen molar-refractivity contribution in [2.75, 3.05) is 79.7 Å². The van der Waals surface area contributed by atoms with E-state index in [1.165, 1.54) is 12.2 Å². The number of hydrogen-bond acceptors (Lipinski definition) is 12. The Morgan fingerprint density at radius 2 is 1.02 bits per heavy atom. The molecule has 0 aliphatic carbocycles. The maximum Gasteiger partial charge on any atom is 0.319 e. The Kier molecular flexibility index (Phi) is 21.0. The second-order valence-electron chi connectivity index (χ2n) is 21.7. The first-order chi connectivity index (χ1) is 41.1. The highest BCUT2D eigenvalue weighted by atomic mass is 16.2. The number of likely N-dealkylation sites (N-methyl/N-ethyl adjacent to an activating group) is 2. The van der Waals surface area contributed by atoms with Crippen molar-refractivity contribution in [1.29, 1.82) is 0 Å². The molecule has 8 amide bonds. The number of amides is 8. The summed E-state index contributed by atoms with van der Waals surface area (Å²) in [6, 6.07) is 37.3. The number of fused-ring (bicyclic) bond motifs is 2. The number of anilines is 8.